The molecule has 0 aliphatic carbocycles. The molecule has 0 N–H and O–H groups in total. The predicted molar refractivity (Wildman–Crippen MR) is 90.9 cm³/mol. The van der Waals surface area contributed by atoms with Gasteiger partial charge in [0.1, 0.15) is 5.82 Å². The van der Waals surface area contributed by atoms with Crippen LogP contribution in [0.2, 0.25) is 0 Å². The van der Waals surface area contributed by atoms with E-state index in [0.29, 0.717) is 11.8 Å². The van der Waals surface area contributed by atoms with Gasteiger partial charge in [-0.1, -0.05) is 6.42 Å². The standard InChI is InChI=1S/C18H30N4O/c1-3-22-13-9-19-17(22)14-21-11-7-15(8-12-21)16-6-4-5-10-20(2)18(16)23/h9,13,15-16H,3-8,10-12,14H2,1-2H3/t16-/m0/s1. The molecule has 2 aliphatic heterocycles. The van der Waals surface area contributed by atoms with Crippen molar-refractivity contribution in [2.45, 2.75) is 52.1 Å². The fraction of sp³-hybridized carbons (Fsp3) is 0.778. The number of imidazole rings is 1. The van der Waals surface area contributed by atoms with E-state index in [9.17, 15) is 4.79 Å². The summed E-state index contributed by atoms with van der Waals surface area (Å²) < 4.78 is 2.22. The van der Waals surface area contributed by atoms with Crippen LogP contribution in [-0.2, 0) is 17.9 Å². The number of carbonyl (C=O) groups excluding carboxylic acids is 1. The van der Waals surface area contributed by atoms with Crippen molar-refractivity contribution in [1.82, 2.24) is 19.4 Å². The monoisotopic (exact) mass is 318 g/mol. The fourth-order valence-corrected chi connectivity index (χ4v) is 4.16. The van der Waals surface area contributed by atoms with E-state index in [1.54, 1.807) is 0 Å². The van der Waals surface area contributed by atoms with Gasteiger partial charge in [0.05, 0.1) is 6.54 Å². The van der Waals surface area contributed by atoms with Gasteiger partial charge in [0.2, 0.25) is 5.91 Å². The molecule has 0 aromatic carbocycles. The van der Waals surface area contributed by atoms with Crippen molar-refractivity contribution in [1.29, 1.82) is 0 Å². The van der Waals surface area contributed by atoms with Crippen LogP contribution < -0.4 is 0 Å². The molecule has 5 heteroatoms. The number of hydrogen-bond acceptors (Lipinski definition) is 3. The lowest BCUT2D eigenvalue weighted by Gasteiger charge is -2.35. The van der Waals surface area contributed by atoms with Gasteiger partial charge >= 0.3 is 0 Å². The molecule has 5 nitrogen and oxygen atoms in total. The van der Waals surface area contributed by atoms with Crippen molar-refractivity contribution < 1.29 is 4.79 Å². The molecule has 1 aromatic rings. The van der Waals surface area contributed by atoms with E-state index in [1.165, 1.54) is 6.42 Å². The summed E-state index contributed by atoms with van der Waals surface area (Å²) >= 11 is 0. The molecular formula is C18H30N4O. The number of nitrogens with zero attached hydrogens (tertiary/aromatic N) is 4. The molecule has 2 saturated heterocycles. The Morgan fingerprint density at radius 3 is 2.70 bits per heavy atom. The maximum atomic E-state index is 12.6. The lowest BCUT2D eigenvalue weighted by molar-refractivity contribution is -0.136. The van der Waals surface area contributed by atoms with E-state index in [-0.39, 0.29) is 5.92 Å². The predicted octanol–water partition coefficient (Wildman–Crippen LogP) is 2.37. The van der Waals surface area contributed by atoms with Gasteiger partial charge in [0.25, 0.3) is 0 Å². The second-order valence-corrected chi connectivity index (χ2v) is 7.11. The highest BCUT2D eigenvalue weighted by atomic mass is 16.2. The topological polar surface area (TPSA) is 41.4 Å². The summed E-state index contributed by atoms with van der Waals surface area (Å²) in [7, 11) is 1.97. The van der Waals surface area contributed by atoms with Crippen molar-refractivity contribution in [3.8, 4) is 0 Å². The van der Waals surface area contributed by atoms with E-state index in [2.05, 4.69) is 27.6 Å². The summed E-state index contributed by atoms with van der Waals surface area (Å²) in [6.45, 7) is 7.20. The SMILES string of the molecule is CCn1ccnc1CN1CCC([C@@H]2CCCCN(C)C2=O)CC1. The molecule has 1 atom stereocenters. The molecule has 1 amide bonds. The first-order valence-corrected chi connectivity index (χ1v) is 9.16. The summed E-state index contributed by atoms with van der Waals surface area (Å²) in [5.74, 6) is 2.39. The van der Waals surface area contributed by atoms with E-state index in [1.807, 2.05) is 18.1 Å². The lowest BCUT2D eigenvalue weighted by atomic mass is 9.81. The smallest absolute Gasteiger partial charge is 0.225 e. The second-order valence-electron chi connectivity index (χ2n) is 7.11. The van der Waals surface area contributed by atoms with Gasteiger partial charge in [-0.2, -0.15) is 0 Å². The van der Waals surface area contributed by atoms with Crippen LogP contribution in [0.5, 0.6) is 0 Å². The van der Waals surface area contributed by atoms with Crippen molar-refractivity contribution >= 4 is 5.91 Å². The zero-order chi connectivity index (χ0) is 16.2. The van der Waals surface area contributed by atoms with E-state index in [4.69, 9.17) is 0 Å². The van der Waals surface area contributed by atoms with Crippen LogP contribution in [0, 0.1) is 11.8 Å². The third-order valence-corrected chi connectivity index (χ3v) is 5.66. The van der Waals surface area contributed by atoms with Crippen LogP contribution in [0.3, 0.4) is 0 Å². The van der Waals surface area contributed by atoms with Gasteiger partial charge in [-0.15, -0.1) is 0 Å². The average Bonchev–Trinajstić information content (AvgIpc) is 2.95. The van der Waals surface area contributed by atoms with Crippen LogP contribution in [0.4, 0.5) is 0 Å². The summed E-state index contributed by atoms with van der Waals surface area (Å²) in [5.41, 5.74) is 0. The minimum atomic E-state index is 0.266. The number of carbonyl (C=O) groups is 1. The summed E-state index contributed by atoms with van der Waals surface area (Å²) in [4.78, 5) is 21.5. The first-order valence-electron chi connectivity index (χ1n) is 9.16. The Bertz CT molecular complexity index is 519. The van der Waals surface area contributed by atoms with Crippen LogP contribution in [0.1, 0.15) is 44.9 Å². The molecule has 1 aromatic heterocycles. The van der Waals surface area contributed by atoms with Gasteiger partial charge in [-0.25, -0.2) is 4.98 Å². The number of amides is 1. The molecule has 3 rings (SSSR count). The van der Waals surface area contributed by atoms with Gasteiger partial charge in [-0.05, 0) is 51.6 Å². The Labute approximate surface area is 139 Å². The highest BCUT2D eigenvalue weighted by Gasteiger charge is 2.34. The maximum Gasteiger partial charge on any atom is 0.225 e. The Morgan fingerprint density at radius 2 is 1.96 bits per heavy atom. The molecular weight excluding hydrogens is 288 g/mol. The molecule has 2 aliphatic rings. The number of rotatable bonds is 4. The van der Waals surface area contributed by atoms with Crippen molar-refractivity contribution in [2.75, 3.05) is 26.7 Å². The average molecular weight is 318 g/mol. The van der Waals surface area contributed by atoms with E-state index >= 15 is 0 Å². The van der Waals surface area contributed by atoms with E-state index in [0.717, 1.165) is 64.2 Å². The highest BCUT2D eigenvalue weighted by Crippen LogP contribution is 2.32. The molecule has 0 unspecified atom stereocenters. The minimum Gasteiger partial charge on any atom is -0.346 e. The number of aromatic nitrogens is 2. The third-order valence-electron chi connectivity index (χ3n) is 5.66. The fourth-order valence-electron chi connectivity index (χ4n) is 4.16. The largest absolute Gasteiger partial charge is 0.346 e. The summed E-state index contributed by atoms with van der Waals surface area (Å²) in [6.07, 6.45) is 9.71. The zero-order valence-corrected chi connectivity index (χ0v) is 14.6. The van der Waals surface area contributed by atoms with Gasteiger partial charge in [-0.3, -0.25) is 9.69 Å². The first kappa shape index (κ1) is 16.5. The van der Waals surface area contributed by atoms with Crippen LogP contribution in [-0.4, -0.2) is 51.9 Å². The Hall–Kier alpha value is -1.36. The Kier molecular flexibility index (Phi) is 5.36. The minimum absolute atomic E-state index is 0.266. The van der Waals surface area contributed by atoms with Crippen LogP contribution in [0.25, 0.3) is 0 Å². The van der Waals surface area contributed by atoms with Crippen LogP contribution in [0.15, 0.2) is 12.4 Å². The summed E-state index contributed by atoms with van der Waals surface area (Å²) in [6, 6.07) is 0. The van der Waals surface area contributed by atoms with Gasteiger partial charge < -0.3 is 9.47 Å². The molecule has 128 valence electrons. The Morgan fingerprint density at radius 1 is 1.17 bits per heavy atom. The number of hydrogen-bond donors (Lipinski definition) is 0. The molecule has 3 heterocycles. The summed E-state index contributed by atoms with van der Waals surface area (Å²) in [5, 5.41) is 0. The second kappa shape index (κ2) is 7.47. The number of aryl methyl sites for hydroxylation is 1. The zero-order valence-electron chi connectivity index (χ0n) is 14.6. The maximum absolute atomic E-state index is 12.6. The molecule has 2 fully saturated rings. The van der Waals surface area contributed by atoms with Gasteiger partial charge in [0, 0.05) is 38.4 Å². The quantitative estimate of drug-likeness (QED) is 0.856. The molecule has 0 spiro atoms. The number of piperidine rings is 1. The first-order chi connectivity index (χ1) is 11.2. The molecule has 0 bridgehead atoms. The normalized spacial score (nSPS) is 24.9. The Balaban J connectivity index is 1.54. The van der Waals surface area contributed by atoms with Crippen molar-refractivity contribution in [2.24, 2.45) is 11.8 Å². The van der Waals surface area contributed by atoms with Crippen molar-refractivity contribution in [3.63, 3.8) is 0 Å². The number of likely N-dealkylation sites (tertiary alicyclic amines) is 2. The highest BCUT2D eigenvalue weighted by molar-refractivity contribution is 5.79. The van der Waals surface area contributed by atoms with Crippen molar-refractivity contribution in [3.05, 3.63) is 18.2 Å². The van der Waals surface area contributed by atoms with Gasteiger partial charge in [0.15, 0.2) is 0 Å². The van der Waals surface area contributed by atoms with E-state index < -0.39 is 0 Å². The molecule has 23 heavy (non-hydrogen) atoms. The lowest BCUT2D eigenvalue weighted by Crippen LogP contribution is -2.41. The molecule has 0 radical (unpaired) electrons. The van der Waals surface area contributed by atoms with Crippen LogP contribution >= 0.6 is 0 Å². The third kappa shape index (κ3) is 3.77. The molecule has 0 saturated carbocycles.